The van der Waals surface area contributed by atoms with Crippen molar-refractivity contribution in [3.8, 4) is 22.3 Å². The van der Waals surface area contributed by atoms with Gasteiger partial charge in [-0.1, -0.05) is 49.4 Å². The Labute approximate surface area is 197 Å². The number of halogens is 3. The van der Waals surface area contributed by atoms with Gasteiger partial charge in [0.25, 0.3) is 0 Å². The van der Waals surface area contributed by atoms with E-state index in [2.05, 4.69) is 82.8 Å². The number of nitrogens with one attached hydrogen (secondary N) is 1. The highest BCUT2D eigenvalue weighted by atomic mass is 19.4. The highest BCUT2D eigenvalue weighted by Gasteiger charge is 2.38. The molecule has 34 heavy (non-hydrogen) atoms. The number of aromatic nitrogens is 1. The zero-order valence-corrected chi connectivity index (χ0v) is 18.9. The summed E-state index contributed by atoms with van der Waals surface area (Å²) in [6.07, 6.45) is -0.244. The van der Waals surface area contributed by atoms with Crippen molar-refractivity contribution in [1.82, 2.24) is 15.2 Å². The lowest BCUT2D eigenvalue weighted by atomic mass is 9.96. The third-order valence-corrected chi connectivity index (χ3v) is 5.73. The first-order chi connectivity index (χ1) is 16.3. The second kappa shape index (κ2) is 11.8. The van der Waals surface area contributed by atoms with E-state index < -0.39 is 12.1 Å². The fourth-order valence-electron chi connectivity index (χ4n) is 4.02. The van der Waals surface area contributed by atoms with E-state index in [9.17, 15) is 13.2 Å². The van der Waals surface area contributed by atoms with E-state index in [1.807, 2.05) is 12.4 Å². The number of carbonyl (C=O) groups is 1. The van der Waals surface area contributed by atoms with Gasteiger partial charge in [-0.25, -0.2) is 4.79 Å². The van der Waals surface area contributed by atoms with Crippen LogP contribution in [-0.4, -0.2) is 53.3 Å². The van der Waals surface area contributed by atoms with Gasteiger partial charge in [0.2, 0.25) is 0 Å². The molecule has 0 radical (unpaired) electrons. The van der Waals surface area contributed by atoms with Crippen LogP contribution in [0.25, 0.3) is 22.3 Å². The molecule has 2 aromatic carbocycles. The number of rotatable bonds is 5. The normalized spacial score (nSPS) is 15.2. The van der Waals surface area contributed by atoms with Gasteiger partial charge in [0.15, 0.2) is 0 Å². The summed E-state index contributed by atoms with van der Waals surface area (Å²) in [6, 6.07) is 22.5. The molecular formula is C26H28F3N3O2. The van der Waals surface area contributed by atoms with Crippen molar-refractivity contribution in [3.05, 3.63) is 78.6 Å². The molecule has 1 fully saturated rings. The quantitative estimate of drug-likeness (QED) is 0.521. The maximum absolute atomic E-state index is 10.6. The molecule has 2 heterocycles. The van der Waals surface area contributed by atoms with Crippen molar-refractivity contribution in [1.29, 1.82) is 0 Å². The molecule has 0 saturated carbocycles. The number of carboxylic acid groups (broad SMARTS) is 1. The zero-order chi connectivity index (χ0) is 24.6. The molecule has 0 aliphatic carbocycles. The monoisotopic (exact) mass is 471 g/mol. The van der Waals surface area contributed by atoms with Crippen LogP contribution in [0, 0.1) is 0 Å². The lowest BCUT2D eigenvalue weighted by Gasteiger charge is -2.34. The largest absolute Gasteiger partial charge is 0.490 e. The predicted molar refractivity (Wildman–Crippen MR) is 126 cm³/mol. The number of pyridine rings is 1. The summed E-state index contributed by atoms with van der Waals surface area (Å²) in [5.41, 5.74) is 6.38. The van der Waals surface area contributed by atoms with Crippen molar-refractivity contribution in [3.63, 3.8) is 0 Å². The molecule has 0 bridgehead atoms. The summed E-state index contributed by atoms with van der Waals surface area (Å²) in [4.78, 5) is 15.6. The van der Waals surface area contributed by atoms with Crippen LogP contribution in [0.5, 0.6) is 0 Å². The number of hydrogen-bond acceptors (Lipinski definition) is 4. The molecular weight excluding hydrogens is 443 g/mol. The predicted octanol–water partition coefficient (Wildman–Crippen LogP) is 5.41. The van der Waals surface area contributed by atoms with Crippen molar-refractivity contribution < 1.29 is 23.1 Å². The SMILES string of the molecule is CCC(c1ccc(-c2cccc(-c3ccncc3)c2)cc1)N1CCNCC1.O=C(O)C(F)(F)F. The first-order valence-corrected chi connectivity index (χ1v) is 11.1. The minimum Gasteiger partial charge on any atom is -0.475 e. The first-order valence-electron chi connectivity index (χ1n) is 11.1. The lowest BCUT2D eigenvalue weighted by Crippen LogP contribution is -2.45. The minimum atomic E-state index is -5.08. The molecule has 5 nitrogen and oxygen atoms in total. The van der Waals surface area contributed by atoms with Crippen LogP contribution in [0.1, 0.15) is 24.9 Å². The van der Waals surface area contributed by atoms with Crippen LogP contribution in [0.4, 0.5) is 13.2 Å². The Morgan fingerprint density at radius 3 is 2.00 bits per heavy atom. The van der Waals surface area contributed by atoms with Gasteiger partial charge >= 0.3 is 12.1 Å². The van der Waals surface area contributed by atoms with Crippen LogP contribution < -0.4 is 5.32 Å². The van der Waals surface area contributed by atoms with Gasteiger partial charge in [0.05, 0.1) is 0 Å². The highest BCUT2D eigenvalue weighted by Crippen LogP contribution is 2.29. The summed E-state index contributed by atoms with van der Waals surface area (Å²) >= 11 is 0. The Balaban J connectivity index is 0.000000406. The van der Waals surface area contributed by atoms with E-state index in [4.69, 9.17) is 9.90 Å². The number of carboxylic acids is 1. The second-order valence-electron chi connectivity index (χ2n) is 7.95. The molecule has 1 saturated heterocycles. The Kier molecular flexibility index (Phi) is 8.79. The highest BCUT2D eigenvalue weighted by molar-refractivity contribution is 5.73. The number of piperazine rings is 1. The topological polar surface area (TPSA) is 65.5 Å². The molecule has 8 heteroatoms. The molecule has 180 valence electrons. The lowest BCUT2D eigenvalue weighted by molar-refractivity contribution is -0.192. The van der Waals surface area contributed by atoms with Crippen molar-refractivity contribution in [2.45, 2.75) is 25.6 Å². The van der Waals surface area contributed by atoms with Crippen LogP contribution in [0.2, 0.25) is 0 Å². The summed E-state index contributed by atoms with van der Waals surface area (Å²) in [5, 5.41) is 10.6. The van der Waals surface area contributed by atoms with E-state index in [0.29, 0.717) is 6.04 Å². The summed E-state index contributed by atoms with van der Waals surface area (Å²) in [6.45, 7) is 6.74. The molecule has 1 aromatic heterocycles. The van der Waals surface area contributed by atoms with E-state index in [1.54, 1.807) is 0 Å². The van der Waals surface area contributed by atoms with Crippen molar-refractivity contribution in [2.75, 3.05) is 26.2 Å². The smallest absolute Gasteiger partial charge is 0.475 e. The Bertz CT molecular complexity index is 1050. The first kappa shape index (κ1) is 25.4. The fourth-order valence-corrected chi connectivity index (χ4v) is 4.02. The van der Waals surface area contributed by atoms with Gasteiger partial charge in [-0.15, -0.1) is 0 Å². The molecule has 1 aliphatic heterocycles. The van der Waals surface area contributed by atoms with Gasteiger partial charge in [0, 0.05) is 44.6 Å². The van der Waals surface area contributed by atoms with Gasteiger partial charge < -0.3 is 10.4 Å². The van der Waals surface area contributed by atoms with Crippen LogP contribution >= 0.6 is 0 Å². The van der Waals surface area contributed by atoms with Crippen LogP contribution in [0.15, 0.2) is 73.1 Å². The van der Waals surface area contributed by atoms with E-state index in [0.717, 1.165) is 32.6 Å². The van der Waals surface area contributed by atoms with E-state index >= 15 is 0 Å². The minimum absolute atomic E-state index is 0.518. The average molecular weight is 472 g/mol. The van der Waals surface area contributed by atoms with Crippen LogP contribution in [-0.2, 0) is 4.79 Å². The number of alkyl halides is 3. The van der Waals surface area contributed by atoms with Gasteiger partial charge in [-0.2, -0.15) is 13.2 Å². The van der Waals surface area contributed by atoms with E-state index in [1.165, 1.54) is 27.8 Å². The number of hydrogen-bond donors (Lipinski definition) is 2. The Morgan fingerprint density at radius 2 is 1.50 bits per heavy atom. The maximum Gasteiger partial charge on any atom is 0.490 e. The molecule has 2 N–H and O–H groups in total. The van der Waals surface area contributed by atoms with E-state index in [-0.39, 0.29) is 0 Å². The second-order valence-corrected chi connectivity index (χ2v) is 7.95. The Hall–Kier alpha value is -3.23. The summed E-state index contributed by atoms with van der Waals surface area (Å²) in [7, 11) is 0. The maximum atomic E-state index is 10.6. The van der Waals surface area contributed by atoms with Crippen molar-refractivity contribution >= 4 is 5.97 Å². The average Bonchev–Trinajstić information content (AvgIpc) is 2.86. The molecule has 4 rings (SSSR count). The third-order valence-electron chi connectivity index (χ3n) is 5.73. The van der Waals surface area contributed by atoms with Crippen LogP contribution in [0.3, 0.4) is 0 Å². The van der Waals surface area contributed by atoms with Crippen molar-refractivity contribution in [2.24, 2.45) is 0 Å². The molecule has 3 aromatic rings. The number of nitrogens with zero attached hydrogens (tertiary/aromatic N) is 2. The zero-order valence-electron chi connectivity index (χ0n) is 18.9. The van der Waals surface area contributed by atoms with Gasteiger partial charge in [-0.3, -0.25) is 9.88 Å². The fraction of sp³-hybridized carbons (Fsp3) is 0.308. The standard InChI is InChI=1S/C24H27N3.C2HF3O2/c1-2-24(27-16-14-26-15-17-27)21-8-6-19(7-9-21)22-4-3-5-23(18-22)20-10-12-25-13-11-20;3-2(4,5)1(6)7/h3-13,18,24,26H,2,14-17H2,1H3;(H,6,7). The van der Waals surface area contributed by atoms with Gasteiger partial charge in [0.1, 0.15) is 0 Å². The molecule has 0 amide bonds. The molecule has 1 aliphatic rings. The summed E-state index contributed by atoms with van der Waals surface area (Å²) in [5.74, 6) is -2.76. The summed E-state index contributed by atoms with van der Waals surface area (Å²) < 4.78 is 31.7. The van der Waals surface area contributed by atoms with Gasteiger partial charge in [-0.05, 0) is 52.4 Å². The molecule has 1 unspecified atom stereocenters. The third kappa shape index (κ3) is 6.88. The molecule has 1 atom stereocenters. The molecule has 0 spiro atoms. The number of benzene rings is 2. The Morgan fingerprint density at radius 1 is 0.971 bits per heavy atom. The number of aliphatic carboxylic acids is 1.